The average molecular weight is 466 g/mol. The van der Waals surface area contributed by atoms with Gasteiger partial charge in [-0.1, -0.05) is 0 Å². The van der Waals surface area contributed by atoms with Crippen LogP contribution in [0.5, 0.6) is 0 Å². The topological polar surface area (TPSA) is 138 Å². The van der Waals surface area contributed by atoms with Crippen molar-refractivity contribution in [3.05, 3.63) is 34.2 Å². The molecule has 4 rings (SSSR count). The summed E-state index contributed by atoms with van der Waals surface area (Å²) < 4.78 is 6.44. The molecule has 0 bridgehead atoms. The predicted molar refractivity (Wildman–Crippen MR) is 122 cm³/mol. The molecule has 3 amide bonds. The Morgan fingerprint density at radius 2 is 1.85 bits per heavy atom. The van der Waals surface area contributed by atoms with Crippen molar-refractivity contribution in [3.63, 3.8) is 0 Å². The van der Waals surface area contributed by atoms with E-state index in [9.17, 15) is 24.4 Å². The van der Waals surface area contributed by atoms with E-state index in [0.29, 0.717) is 31.6 Å². The van der Waals surface area contributed by atoms with Gasteiger partial charge in [0.2, 0.25) is 5.91 Å². The Labute approximate surface area is 195 Å². The molecule has 11 nitrogen and oxygen atoms in total. The maximum absolute atomic E-state index is 13.1. The minimum Gasteiger partial charge on any atom is -0.444 e. The second-order valence-electron chi connectivity index (χ2n) is 9.36. The summed E-state index contributed by atoms with van der Waals surface area (Å²) in [6.07, 6.45) is -0.109. The lowest BCUT2D eigenvalue weighted by Crippen LogP contribution is -2.50. The summed E-state index contributed by atoms with van der Waals surface area (Å²) in [6, 6.07) is 6.21. The zero-order valence-electron chi connectivity index (χ0n) is 19.3. The van der Waals surface area contributed by atoms with E-state index in [1.54, 1.807) is 23.1 Å². The standard InChI is InChI=1S/C23H26N6O5/c1-23(2,3)34-22(33)28-10-8-27(9-11-28)14-4-5-15-16(12-14)17(13-24)26-29(21(15)32)18-6-7-19(30)25-20(18)31/h4-5,12,18H,6-11H2,1-3H3,(H,25,30,31). The number of ether oxygens (including phenoxy) is 1. The van der Waals surface area contributed by atoms with Gasteiger partial charge < -0.3 is 14.5 Å². The number of nitrogens with one attached hydrogen (secondary N) is 1. The number of piperazine rings is 1. The molecule has 1 aromatic carbocycles. The van der Waals surface area contributed by atoms with E-state index in [4.69, 9.17) is 4.74 Å². The third-order valence-corrected chi connectivity index (χ3v) is 5.81. The van der Waals surface area contributed by atoms with Crippen LogP contribution in [0.3, 0.4) is 0 Å². The lowest BCUT2D eigenvalue weighted by Gasteiger charge is -2.36. The molecule has 1 atom stereocenters. The number of hydrogen-bond acceptors (Lipinski definition) is 8. The second-order valence-corrected chi connectivity index (χ2v) is 9.36. The van der Waals surface area contributed by atoms with Crippen LogP contribution in [0, 0.1) is 11.3 Å². The number of fused-ring (bicyclic) bond motifs is 1. The highest BCUT2D eigenvalue weighted by molar-refractivity contribution is 5.99. The number of carbonyl (C=O) groups is 3. The van der Waals surface area contributed by atoms with E-state index in [-0.39, 0.29) is 30.0 Å². The third kappa shape index (κ3) is 4.57. The van der Waals surface area contributed by atoms with Crippen molar-refractivity contribution in [3.8, 4) is 6.07 Å². The van der Waals surface area contributed by atoms with Crippen LogP contribution in [0.25, 0.3) is 10.8 Å². The Hall–Kier alpha value is -3.94. The maximum Gasteiger partial charge on any atom is 0.410 e. The van der Waals surface area contributed by atoms with Crippen molar-refractivity contribution in [2.24, 2.45) is 0 Å². The first-order valence-corrected chi connectivity index (χ1v) is 11.1. The number of aromatic nitrogens is 2. The van der Waals surface area contributed by atoms with Gasteiger partial charge in [-0.25, -0.2) is 9.48 Å². The first-order valence-electron chi connectivity index (χ1n) is 11.1. The van der Waals surface area contributed by atoms with E-state index >= 15 is 0 Å². The average Bonchev–Trinajstić information content (AvgIpc) is 2.79. The van der Waals surface area contributed by atoms with Gasteiger partial charge in [-0.05, 0) is 45.4 Å². The third-order valence-electron chi connectivity index (χ3n) is 5.81. The Kier molecular flexibility index (Phi) is 6.00. The van der Waals surface area contributed by atoms with E-state index in [1.165, 1.54) is 0 Å². The van der Waals surface area contributed by atoms with Gasteiger partial charge in [-0.15, -0.1) is 0 Å². The molecule has 11 heteroatoms. The van der Waals surface area contributed by atoms with Gasteiger partial charge in [0.15, 0.2) is 5.69 Å². The number of carbonyl (C=O) groups excluding carboxylic acids is 3. The van der Waals surface area contributed by atoms with Crippen molar-refractivity contribution in [1.29, 1.82) is 5.26 Å². The second kappa shape index (κ2) is 8.78. The van der Waals surface area contributed by atoms with Crippen LogP contribution < -0.4 is 15.8 Å². The van der Waals surface area contributed by atoms with Gasteiger partial charge in [0, 0.05) is 43.7 Å². The summed E-state index contributed by atoms with van der Waals surface area (Å²) in [6.45, 7) is 7.56. The van der Waals surface area contributed by atoms with Crippen LogP contribution in [-0.4, -0.2) is 64.4 Å². The molecular weight excluding hydrogens is 440 g/mol. The van der Waals surface area contributed by atoms with E-state index in [2.05, 4.69) is 15.3 Å². The number of imide groups is 1. The minimum atomic E-state index is -0.942. The molecule has 2 saturated heterocycles. The summed E-state index contributed by atoms with van der Waals surface area (Å²) in [5.74, 6) is -0.999. The van der Waals surface area contributed by atoms with Crippen molar-refractivity contribution in [1.82, 2.24) is 20.0 Å². The van der Waals surface area contributed by atoms with E-state index < -0.39 is 29.0 Å². The van der Waals surface area contributed by atoms with Crippen LogP contribution in [0.4, 0.5) is 10.5 Å². The molecular formula is C23H26N6O5. The van der Waals surface area contributed by atoms with Crippen LogP contribution in [0.2, 0.25) is 0 Å². The molecule has 0 saturated carbocycles. The molecule has 2 fully saturated rings. The van der Waals surface area contributed by atoms with Gasteiger partial charge in [-0.3, -0.25) is 19.7 Å². The number of hydrogen-bond donors (Lipinski definition) is 1. The molecule has 0 radical (unpaired) electrons. The summed E-state index contributed by atoms with van der Waals surface area (Å²) in [4.78, 5) is 52.8. The van der Waals surface area contributed by atoms with Crippen molar-refractivity contribution >= 4 is 34.4 Å². The summed E-state index contributed by atoms with van der Waals surface area (Å²) in [5.41, 5.74) is -0.236. The highest BCUT2D eigenvalue weighted by atomic mass is 16.6. The number of piperidine rings is 1. The lowest BCUT2D eigenvalue weighted by molar-refractivity contribution is -0.136. The number of nitrogens with zero attached hydrogens (tertiary/aromatic N) is 5. The largest absolute Gasteiger partial charge is 0.444 e. The monoisotopic (exact) mass is 466 g/mol. The molecule has 34 heavy (non-hydrogen) atoms. The van der Waals surface area contributed by atoms with Gasteiger partial charge in [0.1, 0.15) is 17.7 Å². The van der Waals surface area contributed by atoms with Crippen LogP contribution in [0.1, 0.15) is 45.3 Å². The van der Waals surface area contributed by atoms with Crippen molar-refractivity contribution in [2.45, 2.75) is 45.3 Å². The number of benzene rings is 1. The fourth-order valence-electron chi connectivity index (χ4n) is 4.12. The first-order chi connectivity index (χ1) is 16.1. The Bertz CT molecular complexity index is 1260. The SMILES string of the molecule is CC(C)(C)OC(=O)N1CCN(c2ccc3c(=O)n(C4CCC(=O)NC4=O)nc(C#N)c3c2)CC1. The van der Waals surface area contributed by atoms with Gasteiger partial charge >= 0.3 is 6.09 Å². The molecule has 3 heterocycles. The first kappa shape index (κ1) is 23.2. The number of amides is 3. The Balaban J connectivity index is 1.59. The van der Waals surface area contributed by atoms with Crippen LogP contribution in [0.15, 0.2) is 23.0 Å². The predicted octanol–water partition coefficient (Wildman–Crippen LogP) is 1.30. The summed E-state index contributed by atoms with van der Waals surface area (Å²) in [7, 11) is 0. The van der Waals surface area contributed by atoms with Crippen LogP contribution in [-0.2, 0) is 14.3 Å². The fourth-order valence-corrected chi connectivity index (χ4v) is 4.12. The minimum absolute atomic E-state index is 0.0218. The van der Waals surface area contributed by atoms with Gasteiger partial charge in [-0.2, -0.15) is 10.4 Å². The molecule has 2 aliphatic rings. The van der Waals surface area contributed by atoms with Gasteiger partial charge in [0.05, 0.1) is 5.39 Å². The molecule has 178 valence electrons. The number of rotatable bonds is 2. The van der Waals surface area contributed by atoms with E-state index in [0.717, 1.165) is 10.4 Å². The molecule has 1 aromatic heterocycles. The number of anilines is 1. The van der Waals surface area contributed by atoms with Crippen molar-refractivity contribution in [2.75, 3.05) is 31.1 Å². The molecule has 2 aliphatic heterocycles. The molecule has 2 aromatic rings. The van der Waals surface area contributed by atoms with Crippen molar-refractivity contribution < 1.29 is 19.1 Å². The fraction of sp³-hybridized carbons (Fsp3) is 0.478. The molecule has 1 N–H and O–H groups in total. The lowest BCUT2D eigenvalue weighted by atomic mass is 10.1. The Morgan fingerprint density at radius 3 is 2.47 bits per heavy atom. The van der Waals surface area contributed by atoms with E-state index in [1.807, 2.05) is 26.8 Å². The highest BCUT2D eigenvalue weighted by Gasteiger charge is 2.31. The van der Waals surface area contributed by atoms with Gasteiger partial charge in [0.25, 0.3) is 11.5 Å². The van der Waals surface area contributed by atoms with Crippen LogP contribution >= 0.6 is 0 Å². The number of nitriles is 1. The zero-order chi connectivity index (χ0) is 24.6. The maximum atomic E-state index is 13.1. The quantitative estimate of drug-likeness (QED) is 0.654. The Morgan fingerprint density at radius 1 is 1.15 bits per heavy atom. The summed E-state index contributed by atoms with van der Waals surface area (Å²) >= 11 is 0. The highest BCUT2D eigenvalue weighted by Crippen LogP contribution is 2.25. The molecule has 0 aliphatic carbocycles. The smallest absolute Gasteiger partial charge is 0.410 e. The summed E-state index contributed by atoms with van der Waals surface area (Å²) in [5, 5.41) is 16.7. The normalized spacial score (nSPS) is 19.1. The molecule has 1 unspecified atom stereocenters. The zero-order valence-corrected chi connectivity index (χ0v) is 19.3. The molecule has 0 spiro atoms.